The Balaban J connectivity index is 2.31. The Morgan fingerprint density at radius 1 is 1.21 bits per heavy atom. The van der Waals surface area contributed by atoms with Crippen LogP contribution in [-0.4, -0.2) is 30.2 Å². The first-order valence-corrected chi connectivity index (χ1v) is 9.38. The van der Waals surface area contributed by atoms with E-state index in [2.05, 4.69) is 0 Å². The van der Waals surface area contributed by atoms with E-state index < -0.39 is 48.1 Å². The highest BCUT2D eigenvalue weighted by Gasteiger charge is 2.25. The topological polar surface area (TPSA) is 144 Å². The molecule has 0 fully saturated rings. The van der Waals surface area contributed by atoms with Crippen molar-refractivity contribution in [1.29, 1.82) is 0 Å². The molecule has 28 heavy (non-hydrogen) atoms. The summed E-state index contributed by atoms with van der Waals surface area (Å²) < 4.78 is 40.9. The first-order chi connectivity index (χ1) is 13.0. The van der Waals surface area contributed by atoms with Crippen LogP contribution in [0.15, 0.2) is 41.3 Å². The van der Waals surface area contributed by atoms with Crippen molar-refractivity contribution in [3.05, 3.63) is 62.9 Å². The molecule has 0 aromatic heterocycles. The molecule has 0 heterocycles. The SMILES string of the molecule is O=C(O)CCC(=O)c1cccc(NS(=O)(=O)c2cc(Cl)c([N+](=O)[O-])cc2F)c1. The minimum Gasteiger partial charge on any atom is -0.481 e. The van der Waals surface area contributed by atoms with Crippen LogP contribution < -0.4 is 4.72 Å². The highest BCUT2D eigenvalue weighted by atomic mass is 35.5. The van der Waals surface area contributed by atoms with Crippen LogP contribution in [0, 0.1) is 15.9 Å². The molecule has 0 bridgehead atoms. The molecule has 0 unspecified atom stereocenters. The molecule has 0 aliphatic rings. The van der Waals surface area contributed by atoms with Gasteiger partial charge in [-0.25, -0.2) is 12.8 Å². The number of sulfonamides is 1. The second-order valence-electron chi connectivity index (χ2n) is 5.49. The van der Waals surface area contributed by atoms with Crippen molar-refractivity contribution in [3.8, 4) is 0 Å². The molecule has 2 rings (SSSR count). The van der Waals surface area contributed by atoms with E-state index >= 15 is 0 Å². The monoisotopic (exact) mass is 430 g/mol. The molecule has 2 aromatic carbocycles. The van der Waals surface area contributed by atoms with Crippen LogP contribution in [0.5, 0.6) is 0 Å². The van der Waals surface area contributed by atoms with Gasteiger partial charge in [-0.2, -0.15) is 0 Å². The normalized spacial score (nSPS) is 11.1. The van der Waals surface area contributed by atoms with Crippen molar-refractivity contribution in [1.82, 2.24) is 0 Å². The van der Waals surface area contributed by atoms with Gasteiger partial charge in [0.15, 0.2) is 11.6 Å². The number of benzene rings is 2. The van der Waals surface area contributed by atoms with Crippen LogP contribution in [0.2, 0.25) is 5.02 Å². The van der Waals surface area contributed by atoms with E-state index in [-0.39, 0.29) is 24.1 Å². The summed E-state index contributed by atoms with van der Waals surface area (Å²) in [6.07, 6.45) is -0.667. The zero-order valence-electron chi connectivity index (χ0n) is 13.9. The standard InChI is InChI=1S/C16H12ClFN2O7S/c17-11-7-15(12(18)8-13(11)20(24)25)28(26,27)19-10-3-1-2-9(6-10)14(21)4-5-16(22)23/h1-3,6-8,19H,4-5H2,(H,22,23). The number of ketones is 1. The Kier molecular flexibility index (Phi) is 6.31. The van der Waals surface area contributed by atoms with Crippen LogP contribution in [0.4, 0.5) is 15.8 Å². The van der Waals surface area contributed by atoms with Gasteiger partial charge in [0.05, 0.1) is 17.4 Å². The van der Waals surface area contributed by atoms with E-state index in [1.807, 2.05) is 4.72 Å². The Morgan fingerprint density at radius 2 is 1.89 bits per heavy atom. The van der Waals surface area contributed by atoms with Gasteiger partial charge >= 0.3 is 5.97 Å². The number of halogens is 2. The maximum atomic E-state index is 14.1. The van der Waals surface area contributed by atoms with Gasteiger partial charge in [0.1, 0.15) is 9.92 Å². The average Bonchev–Trinajstić information content (AvgIpc) is 2.60. The largest absolute Gasteiger partial charge is 0.481 e. The van der Waals surface area contributed by atoms with Crippen LogP contribution in [0.1, 0.15) is 23.2 Å². The van der Waals surface area contributed by atoms with Crippen molar-refractivity contribution in [3.63, 3.8) is 0 Å². The van der Waals surface area contributed by atoms with Gasteiger partial charge in [0.25, 0.3) is 15.7 Å². The van der Waals surface area contributed by atoms with Crippen LogP contribution in [0.3, 0.4) is 0 Å². The van der Waals surface area contributed by atoms with Crippen molar-refractivity contribution in [2.45, 2.75) is 17.7 Å². The molecule has 12 heteroatoms. The maximum Gasteiger partial charge on any atom is 0.303 e. The van der Waals surface area contributed by atoms with Gasteiger partial charge in [-0.1, -0.05) is 23.7 Å². The van der Waals surface area contributed by atoms with Crippen LogP contribution >= 0.6 is 11.6 Å². The molecular weight excluding hydrogens is 419 g/mol. The van der Waals surface area contributed by atoms with Gasteiger partial charge in [-0.15, -0.1) is 0 Å². The second-order valence-corrected chi connectivity index (χ2v) is 7.55. The fraction of sp³-hybridized carbons (Fsp3) is 0.125. The van der Waals surface area contributed by atoms with Crippen molar-refractivity contribution >= 4 is 44.8 Å². The van der Waals surface area contributed by atoms with Crippen molar-refractivity contribution in [2.24, 2.45) is 0 Å². The number of anilines is 1. The maximum absolute atomic E-state index is 14.1. The molecule has 0 amide bonds. The minimum atomic E-state index is -4.51. The van der Waals surface area contributed by atoms with Crippen molar-refractivity contribution < 1.29 is 32.4 Å². The fourth-order valence-electron chi connectivity index (χ4n) is 2.19. The lowest BCUT2D eigenvalue weighted by Crippen LogP contribution is -2.15. The van der Waals surface area contributed by atoms with Crippen LogP contribution in [0.25, 0.3) is 0 Å². The summed E-state index contributed by atoms with van der Waals surface area (Å²) in [7, 11) is -4.51. The third-order valence-electron chi connectivity index (χ3n) is 3.49. The van der Waals surface area contributed by atoms with Crippen molar-refractivity contribution in [2.75, 3.05) is 4.72 Å². The first-order valence-electron chi connectivity index (χ1n) is 7.52. The fourth-order valence-corrected chi connectivity index (χ4v) is 3.63. The van der Waals surface area contributed by atoms with Gasteiger partial charge in [0.2, 0.25) is 0 Å². The molecule has 0 atom stereocenters. The smallest absolute Gasteiger partial charge is 0.303 e. The molecule has 0 radical (unpaired) electrons. The summed E-state index contributed by atoms with van der Waals surface area (Å²) in [6.45, 7) is 0. The second kappa shape index (κ2) is 8.31. The van der Waals surface area contributed by atoms with E-state index in [0.717, 1.165) is 6.07 Å². The Bertz CT molecular complexity index is 1070. The van der Waals surface area contributed by atoms with E-state index in [4.69, 9.17) is 16.7 Å². The number of aliphatic carboxylic acids is 1. The highest BCUT2D eigenvalue weighted by Crippen LogP contribution is 2.30. The number of Topliss-reactive ketones (excluding diaryl/α,β-unsaturated/α-hetero) is 1. The molecule has 0 aliphatic carbocycles. The number of carboxylic acids is 1. The Morgan fingerprint density at radius 3 is 2.50 bits per heavy atom. The summed E-state index contributed by atoms with van der Waals surface area (Å²) >= 11 is 5.64. The summed E-state index contributed by atoms with van der Waals surface area (Å²) in [4.78, 5) is 31.4. The first kappa shape index (κ1) is 21.3. The van der Waals surface area contributed by atoms with E-state index in [1.165, 1.54) is 18.2 Å². The quantitative estimate of drug-likeness (QED) is 0.371. The number of nitro benzene ring substituents is 1. The molecule has 0 saturated heterocycles. The molecule has 9 nitrogen and oxygen atoms in total. The zero-order chi connectivity index (χ0) is 21.1. The third-order valence-corrected chi connectivity index (χ3v) is 5.19. The predicted molar refractivity (Wildman–Crippen MR) is 96.5 cm³/mol. The lowest BCUT2D eigenvalue weighted by Gasteiger charge is -2.10. The summed E-state index contributed by atoms with van der Waals surface area (Å²) in [5, 5.41) is 18.8. The predicted octanol–water partition coefficient (Wildman–Crippen LogP) is 3.24. The summed E-state index contributed by atoms with van der Waals surface area (Å²) in [5.74, 6) is -3.05. The Labute approximate surface area is 162 Å². The molecule has 0 saturated carbocycles. The van der Waals surface area contributed by atoms with Gasteiger partial charge < -0.3 is 5.11 Å². The number of rotatable bonds is 8. The number of carbonyl (C=O) groups is 2. The zero-order valence-corrected chi connectivity index (χ0v) is 15.5. The van der Waals surface area contributed by atoms with E-state index in [1.54, 1.807) is 0 Å². The lowest BCUT2D eigenvalue weighted by atomic mass is 10.1. The summed E-state index contributed by atoms with van der Waals surface area (Å²) in [6, 6.07) is 6.17. The number of nitrogens with zero attached hydrogens (tertiary/aromatic N) is 1. The molecule has 0 spiro atoms. The minimum absolute atomic E-state index is 0.0589. The van der Waals surface area contributed by atoms with Crippen LogP contribution in [-0.2, 0) is 14.8 Å². The van der Waals surface area contributed by atoms with Gasteiger partial charge in [-0.3, -0.25) is 24.4 Å². The summed E-state index contributed by atoms with van der Waals surface area (Å²) in [5.41, 5.74) is -0.817. The number of hydrogen-bond donors (Lipinski definition) is 2. The number of hydrogen-bond acceptors (Lipinski definition) is 6. The number of carboxylic acid groups (broad SMARTS) is 1. The number of nitro groups is 1. The van der Waals surface area contributed by atoms with E-state index in [0.29, 0.717) is 12.1 Å². The third kappa shape index (κ3) is 5.02. The molecule has 0 aliphatic heterocycles. The molecule has 2 N–H and O–H groups in total. The molecule has 2 aromatic rings. The number of nitrogens with one attached hydrogen (secondary N) is 1. The van der Waals surface area contributed by atoms with Gasteiger partial charge in [-0.05, 0) is 18.2 Å². The molecule has 148 valence electrons. The average molecular weight is 431 g/mol. The lowest BCUT2D eigenvalue weighted by molar-refractivity contribution is -0.384. The number of carbonyl (C=O) groups excluding carboxylic acids is 1. The van der Waals surface area contributed by atoms with E-state index in [9.17, 15) is 32.5 Å². The highest BCUT2D eigenvalue weighted by molar-refractivity contribution is 7.92. The Hall–Kier alpha value is -3.05. The van der Waals surface area contributed by atoms with Gasteiger partial charge in [0, 0.05) is 17.7 Å². The molecular formula is C16H12ClFN2O7S.